The number of hydrogen-bond donors (Lipinski definition) is 0. The van der Waals surface area contributed by atoms with Crippen LogP contribution in [0.25, 0.3) is 21.8 Å². The molecule has 1 aromatic carbocycles. The molecule has 15 heavy (non-hydrogen) atoms. The van der Waals surface area contributed by atoms with E-state index in [4.69, 9.17) is 0 Å². The maximum Gasteiger partial charge on any atom is 0.0795 e. The number of aromatic nitrogens is 2. The van der Waals surface area contributed by atoms with Crippen molar-refractivity contribution in [3.63, 3.8) is 0 Å². The number of rotatable bonds is 0. The molecule has 0 radical (unpaired) electrons. The molecule has 0 N–H and O–H groups in total. The van der Waals surface area contributed by atoms with E-state index in [-0.39, 0.29) is 20.4 Å². The van der Waals surface area contributed by atoms with Crippen LogP contribution in [0.15, 0.2) is 48.8 Å². The van der Waals surface area contributed by atoms with Gasteiger partial charge in [0.2, 0.25) is 0 Å². The first-order valence-corrected chi connectivity index (χ1v) is 4.53. The summed E-state index contributed by atoms with van der Waals surface area (Å²) in [5, 5.41) is 2.28. The van der Waals surface area contributed by atoms with Gasteiger partial charge in [-0.1, -0.05) is 12.1 Å². The fourth-order valence-electron chi connectivity index (χ4n) is 1.70. The quantitative estimate of drug-likeness (QED) is 0.469. The van der Waals surface area contributed by atoms with Crippen LogP contribution in [0.2, 0.25) is 0 Å². The summed E-state index contributed by atoms with van der Waals surface area (Å²) in [6.07, 6.45) is 3.62. The van der Waals surface area contributed by atoms with Gasteiger partial charge < -0.3 is 0 Å². The minimum Gasteiger partial charge on any atom is -0.256 e. The molecule has 2 nitrogen and oxygen atoms in total. The molecule has 0 amide bonds. The van der Waals surface area contributed by atoms with Gasteiger partial charge in [-0.2, -0.15) is 0 Å². The molecule has 0 aliphatic heterocycles. The minimum atomic E-state index is 0. The van der Waals surface area contributed by atoms with Crippen molar-refractivity contribution < 1.29 is 20.4 Å². The average molecular weight is 287 g/mol. The van der Waals surface area contributed by atoms with Crippen LogP contribution in [-0.2, 0) is 20.4 Å². The first-order chi connectivity index (χ1) is 6.95. The molecule has 0 saturated heterocycles. The van der Waals surface area contributed by atoms with Crippen LogP contribution in [0.5, 0.6) is 0 Å². The minimum absolute atomic E-state index is 0. The van der Waals surface area contributed by atoms with Gasteiger partial charge in [0.15, 0.2) is 0 Å². The molecule has 3 rings (SSSR count). The van der Waals surface area contributed by atoms with Gasteiger partial charge in [-0.3, -0.25) is 9.97 Å². The molecule has 2 aromatic heterocycles. The van der Waals surface area contributed by atoms with E-state index in [9.17, 15) is 0 Å². The zero-order chi connectivity index (χ0) is 9.38. The smallest absolute Gasteiger partial charge is 0.0795 e. The Bertz CT molecular complexity index is 553. The van der Waals surface area contributed by atoms with Crippen molar-refractivity contribution in [2.45, 2.75) is 0 Å². The molecule has 0 aliphatic carbocycles. The molecule has 0 unspecified atom stereocenters. The van der Waals surface area contributed by atoms with Gasteiger partial charge in [0.1, 0.15) is 0 Å². The van der Waals surface area contributed by atoms with Gasteiger partial charge in [-0.15, -0.1) is 0 Å². The molecular weight excluding hydrogens is 279 g/mol. The Morgan fingerprint density at radius 2 is 1.60 bits per heavy atom. The van der Waals surface area contributed by atoms with Gasteiger partial charge in [0.25, 0.3) is 0 Å². The van der Waals surface area contributed by atoms with Gasteiger partial charge >= 0.3 is 0 Å². The molecule has 3 heteroatoms. The fourth-order valence-corrected chi connectivity index (χ4v) is 1.70. The Morgan fingerprint density at radius 1 is 0.800 bits per heavy atom. The average Bonchev–Trinajstić information content (AvgIpc) is 2.29. The standard InChI is InChI=1S/C12H8N2.Pd/c1-3-9-5-6-11-10(4-2-7-13-11)12(9)14-8-1;/h1-8H;. The number of fused-ring (bicyclic) bond motifs is 3. The van der Waals surface area contributed by atoms with Crippen molar-refractivity contribution in [1.29, 1.82) is 0 Å². The third-order valence-corrected chi connectivity index (χ3v) is 2.35. The third-order valence-electron chi connectivity index (χ3n) is 2.35. The summed E-state index contributed by atoms with van der Waals surface area (Å²) in [4.78, 5) is 8.66. The summed E-state index contributed by atoms with van der Waals surface area (Å²) in [6.45, 7) is 0. The normalized spacial score (nSPS) is 10.1. The van der Waals surface area contributed by atoms with Crippen LogP contribution in [0.4, 0.5) is 0 Å². The largest absolute Gasteiger partial charge is 0.256 e. The summed E-state index contributed by atoms with van der Waals surface area (Å²) in [5.74, 6) is 0. The van der Waals surface area contributed by atoms with E-state index in [2.05, 4.69) is 28.2 Å². The van der Waals surface area contributed by atoms with Gasteiger partial charge in [-0.05, 0) is 24.3 Å². The third kappa shape index (κ3) is 1.65. The van der Waals surface area contributed by atoms with Crippen LogP contribution < -0.4 is 0 Å². The van der Waals surface area contributed by atoms with Gasteiger partial charge in [0, 0.05) is 43.6 Å². The van der Waals surface area contributed by atoms with Crippen LogP contribution >= 0.6 is 0 Å². The van der Waals surface area contributed by atoms with Crippen molar-refractivity contribution in [3.05, 3.63) is 48.8 Å². The molecule has 0 spiro atoms. The molecule has 2 heterocycles. The van der Waals surface area contributed by atoms with E-state index >= 15 is 0 Å². The van der Waals surface area contributed by atoms with Crippen molar-refractivity contribution in [2.24, 2.45) is 0 Å². The molecule has 0 aliphatic rings. The van der Waals surface area contributed by atoms with Crippen LogP contribution in [0.3, 0.4) is 0 Å². The fraction of sp³-hybridized carbons (Fsp3) is 0. The molecule has 0 bridgehead atoms. The zero-order valence-electron chi connectivity index (χ0n) is 7.83. The predicted octanol–water partition coefficient (Wildman–Crippen LogP) is 2.78. The molecule has 0 fully saturated rings. The van der Waals surface area contributed by atoms with Crippen LogP contribution in [0, 0.1) is 0 Å². The molecule has 3 aromatic rings. The van der Waals surface area contributed by atoms with Gasteiger partial charge in [0.05, 0.1) is 11.0 Å². The van der Waals surface area contributed by atoms with E-state index in [1.54, 1.807) is 6.20 Å². The molecular formula is C12H8N2Pd. The number of benzene rings is 1. The number of pyridine rings is 2. The van der Waals surface area contributed by atoms with E-state index in [1.165, 1.54) is 0 Å². The summed E-state index contributed by atoms with van der Waals surface area (Å²) in [7, 11) is 0. The maximum absolute atomic E-state index is 4.37. The Balaban J connectivity index is 0.000000853. The molecule has 0 saturated carbocycles. The summed E-state index contributed by atoms with van der Waals surface area (Å²) >= 11 is 0. The second kappa shape index (κ2) is 4.06. The van der Waals surface area contributed by atoms with Gasteiger partial charge in [-0.25, -0.2) is 0 Å². The second-order valence-corrected chi connectivity index (χ2v) is 3.21. The second-order valence-electron chi connectivity index (χ2n) is 3.21. The Kier molecular flexibility index (Phi) is 2.77. The monoisotopic (exact) mass is 286 g/mol. The van der Waals surface area contributed by atoms with E-state index in [0.29, 0.717) is 0 Å². The summed E-state index contributed by atoms with van der Waals surface area (Å²) < 4.78 is 0. The number of hydrogen-bond acceptors (Lipinski definition) is 2. The van der Waals surface area contributed by atoms with E-state index < -0.39 is 0 Å². The topological polar surface area (TPSA) is 25.8 Å². The zero-order valence-corrected chi connectivity index (χ0v) is 9.38. The van der Waals surface area contributed by atoms with Crippen LogP contribution in [0.1, 0.15) is 0 Å². The Morgan fingerprint density at radius 3 is 2.53 bits per heavy atom. The van der Waals surface area contributed by atoms with Crippen molar-refractivity contribution >= 4 is 21.8 Å². The predicted molar refractivity (Wildman–Crippen MR) is 57.0 cm³/mol. The Hall–Kier alpha value is -1.30. The SMILES string of the molecule is [Pd].c1cnc2c(c1)ccc1ncccc12. The van der Waals surface area contributed by atoms with E-state index in [0.717, 1.165) is 21.8 Å². The van der Waals surface area contributed by atoms with Crippen molar-refractivity contribution in [3.8, 4) is 0 Å². The number of nitrogens with zero attached hydrogens (tertiary/aromatic N) is 2. The van der Waals surface area contributed by atoms with Crippen LogP contribution in [-0.4, -0.2) is 9.97 Å². The first-order valence-electron chi connectivity index (χ1n) is 4.53. The maximum atomic E-state index is 4.37. The Labute approximate surface area is 101 Å². The van der Waals surface area contributed by atoms with Crippen molar-refractivity contribution in [2.75, 3.05) is 0 Å². The first kappa shape index (κ1) is 10.2. The van der Waals surface area contributed by atoms with E-state index in [1.807, 2.05) is 24.4 Å². The molecule has 0 atom stereocenters. The summed E-state index contributed by atoms with van der Waals surface area (Å²) in [6, 6.07) is 12.1. The summed E-state index contributed by atoms with van der Waals surface area (Å²) in [5.41, 5.74) is 2.02. The van der Waals surface area contributed by atoms with Crippen molar-refractivity contribution in [1.82, 2.24) is 9.97 Å². The molecule has 76 valence electrons.